The zero-order valence-electron chi connectivity index (χ0n) is 11.8. The van der Waals surface area contributed by atoms with Crippen LogP contribution in [0.15, 0.2) is 24.0 Å². The summed E-state index contributed by atoms with van der Waals surface area (Å²) in [6.45, 7) is 2.95. The molecule has 0 radical (unpaired) electrons. The molecule has 2 rings (SSSR count). The maximum atomic E-state index is 12.0. The number of esters is 1. The minimum atomic E-state index is -0.0380. The van der Waals surface area contributed by atoms with Crippen molar-refractivity contribution >= 4 is 5.97 Å². The number of carbonyl (C=O) groups is 1. The van der Waals surface area contributed by atoms with Gasteiger partial charge in [-0.15, -0.1) is 0 Å². The standard InChI is InChI=1S/C16H24O3/c1-13-7-5-6-10-15(13)16(17)19-12-11-18-14-8-3-2-4-9-14/h3,8-9,13,15H,2,4-7,10-12H2,1H3. The molecular formula is C16H24O3. The molecule has 0 N–H and O–H groups in total. The molecule has 0 aromatic carbocycles. The van der Waals surface area contributed by atoms with Crippen LogP contribution in [0.4, 0.5) is 0 Å². The largest absolute Gasteiger partial charge is 0.490 e. The zero-order valence-corrected chi connectivity index (χ0v) is 11.8. The van der Waals surface area contributed by atoms with Crippen molar-refractivity contribution in [3.63, 3.8) is 0 Å². The van der Waals surface area contributed by atoms with E-state index in [0.717, 1.165) is 37.9 Å². The van der Waals surface area contributed by atoms with E-state index in [1.54, 1.807) is 0 Å². The highest BCUT2D eigenvalue weighted by molar-refractivity contribution is 5.72. The Morgan fingerprint density at radius 2 is 2.11 bits per heavy atom. The van der Waals surface area contributed by atoms with Gasteiger partial charge in [0, 0.05) is 0 Å². The molecule has 3 nitrogen and oxygen atoms in total. The van der Waals surface area contributed by atoms with E-state index in [1.807, 2.05) is 6.08 Å². The Kier molecular flexibility index (Phi) is 5.49. The summed E-state index contributed by atoms with van der Waals surface area (Å²) in [7, 11) is 0. The van der Waals surface area contributed by atoms with Crippen LogP contribution < -0.4 is 0 Å². The minimum absolute atomic E-state index is 0.0380. The summed E-state index contributed by atoms with van der Waals surface area (Å²) in [6, 6.07) is 0. The lowest BCUT2D eigenvalue weighted by Crippen LogP contribution is -2.28. The normalized spacial score (nSPS) is 26.7. The number of allylic oxidation sites excluding steroid dienone is 3. The maximum absolute atomic E-state index is 12.0. The second kappa shape index (κ2) is 7.37. The molecular weight excluding hydrogens is 240 g/mol. The smallest absolute Gasteiger partial charge is 0.309 e. The van der Waals surface area contributed by atoms with E-state index in [2.05, 4.69) is 19.1 Å². The molecule has 2 atom stereocenters. The fourth-order valence-electron chi connectivity index (χ4n) is 2.77. The van der Waals surface area contributed by atoms with Crippen molar-refractivity contribution in [2.75, 3.05) is 13.2 Å². The average molecular weight is 264 g/mol. The predicted molar refractivity (Wildman–Crippen MR) is 74.5 cm³/mol. The van der Waals surface area contributed by atoms with Gasteiger partial charge in [0.2, 0.25) is 0 Å². The Bertz CT molecular complexity index is 357. The zero-order chi connectivity index (χ0) is 13.5. The van der Waals surface area contributed by atoms with E-state index in [0.29, 0.717) is 19.1 Å². The molecule has 106 valence electrons. The minimum Gasteiger partial charge on any atom is -0.490 e. The van der Waals surface area contributed by atoms with Gasteiger partial charge in [-0.3, -0.25) is 4.79 Å². The van der Waals surface area contributed by atoms with Crippen LogP contribution in [0.3, 0.4) is 0 Å². The Labute approximate surface area is 115 Å². The molecule has 2 aliphatic rings. The first-order chi connectivity index (χ1) is 9.27. The summed E-state index contributed by atoms with van der Waals surface area (Å²) in [5.41, 5.74) is 0. The molecule has 0 aromatic rings. The van der Waals surface area contributed by atoms with E-state index in [-0.39, 0.29) is 11.9 Å². The van der Waals surface area contributed by atoms with Crippen molar-refractivity contribution in [1.82, 2.24) is 0 Å². The number of rotatable bonds is 5. The quantitative estimate of drug-likeness (QED) is 0.562. The second-order valence-corrected chi connectivity index (χ2v) is 5.47. The topological polar surface area (TPSA) is 35.5 Å². The summed E-state index contributed by atoms with van der Waals surface area (Å²) < 4.78 is 10.9. The molecule has 0 bridgehead atoms. The van der Waals surface area contributed by atoms with Gasteiger partial charge in [-0.2, -0.15) is 0 Å². The van der Waals surface area contributed by atoms with Crippen LogP contribution in [0, 0.1) is 11.8 Å². The molecule has 0 saturated heterocycles. The van der Waals surface area contributed by atoms with Gasteiger partial charge in [0.05, 0.1) is 5.92 Å². The Balaban J connectivity index is 1.63. The van der Waals surface area contributed by atoms with Gasteiger partial charge in [0.15, 0.2) is 0 Å². The Morgan fingerprint density at radius 1 is 1.26 bits per heavy atom. The fourth-order valence-corrected chi connectivity index (χ4v) is 2.77. The lowest BCUT2D eigenvalue weighted by Gasteiger charge is -2.26. The first kappa shape index (κ1) is 14.2. The van der Waals surface area contributed by atoms with Crippen LogP contribution in [0.5, 0.6) is 0 Å². The fraction of sp³-hybridized carbons (Fsp3) is 0.688. The van der Waals surface area contributed by atoms with Crippen LogP contribution in [0.1, 0.15) is 45.4 Å². The van der Waals surface area contributed by atoms with Crippen molar-refractivity contribution in [2.45, 2.75) is 45.4 Å². The molecule has 0 heterocycles. The molecule has 2 unspecified atom stereocenters. The van der Waals surface area contributed by atoms with Crippen molar-refractivity contribution in [3.8, 4) is 0 Å². The molecule has 19 heavy (non-hydrogen) atoms. The van der Waals surface area contributed by atoms with Crippen LogP contribution >= 0.6 is 0 Å². The number of carbonyl (C=O) groups excluding carboxylic acids is 1. The Morgan fingerprint density at radius 3 is 2.84 bits per heavy atom. The van der Waals surface area contributed by atoms with E-state index in [9.17, 15) is 4.79 Å². The SMILES string of the molecule is CC1CCCCC1C(=O)OCCOC1=CCCC=C1. The van der Waals surface area contributed by atoms with Gasteiger partial charge in [-0.1, -0.05) is 25.8 Å². The monoisotopic (exact) mass is 264 g/mol. The molecule has 3 heteroatoms. The van der Waals surface area contributed by atoms with E-state index < -0.39 is 0 Å². The van der Waals surface area contributed by atoms with Crippen molar-refractivity contribution < 1.29 is 14.3 Å². The van der Waals surface area contributed by atoms with Crippen molar-refractivity contribution in [3.05, 3.63) is 24.0 Å². The number of hydrogen-bond acceptors (Lipinski definition) is 3. The lowest BCUT2D eigenvalue weighted by molar-refractivity contribution is -0.152. The van der Waals surface area contributed by atoms with Crippen molar-refractivity contribution in [1.29, 1.82) is 0 Å². The highest BCUT2D eigenvalue weighted by Crippen LogP contribution is 2.30. The van der Waals surface area contributed by atoms with Gasteiger partial charge < -0.3 is 9.47 Å². The van der Waals surface area contributed by atoms with Crippen LogP contribution in [-0.2, 0) is 14.3 Å². The third-order valence-electron chi connectivity index (χ3n) is 3.97. The molecule has 1 fully saturated rings. The molecule has 0 amide bonds. The highest BCUT2D eigenvalue weighted by atomic mass is 16.6. The summed E-state index contributed by atoms with van der Waals surface area (Å²) in [4.78, 5) is 12.0. The summed E-state index contributed by atoms with van der Waals surface area (Å²) >= 11 is 0. The van der Waals surface area contributed by atoms with Gasteiger partial charge >= 0.3 is 5.97 Å². The number of hydrogen-bond donors (Lipinski definition) is 0. The van der Waals surface area contributed by atoms with Gasteiger partial charge in [0.25, 0.3) is 0 Å². The number of ether oxygens (including phenoxy) is 2. The van der Waals surface area contributed by atoms with Gasteiger partial charge in [-0.05, 0) is 43.8 Å². The van der Waals surface area contributed by atoms with Gasteiger partial charge in [0.1, 0.15) is 19.0 Å². The van der Waals surface area contributed by atoms with Crippen LogP contribution in [0.2, 0.25) is 0 Å². The molecule has 1 saturated carbocycles. The second-order valence-electron chi connectivity index (χ2n) is 5.47. The summed E-state index contributed by atoms with van der Waals surface area (Å²) in [6.07, 6.45) is 12.8. The molecule has 2 aliphatic carbocycles. The van der Waals surface area contributed by atoms with E-state index in [1.165, 1.54) is 6.42 Å². The molecule has 0 spiro atoms. The molecule has 0 aliphatic heterocycles. The predicted octanol–water partition coefficient (Wildman–Crippen LogP) is 3.61. The van der Waals surface area contributed by atoms with Crippen LogP contribution in [0.25, 0.3) is 0 Å². The van der Waals surface area contributed by atoms with E-state index in [4.69, 9.17) is 9.47 Å². The van der Waals surface area contributed by atoms with Crippen LogP contribution in [-0.4, -0.2) is 19.2 Å². The third kappa shape index (κ3) is 4.41. The lowest BCUT2D eigenvalue weighted by atomic mass is 9.80. The summed E-state index contributed by atoms with van der Waals surface area (Å²) in [5, 5.41) is 0. The first-order valence-corrected chi connectivity index (χ1v) is 7.43. The highest BCUT2D eigenvalue weighted by Gasteiger charge is 2.28. The van der Waals surface area contributed by atoms with E-state index >= 15 is 0 Å². The summed E-state index contributed by atoms with van der Waals surface area (Å²) in [5.74, 6) is 1.42. The first-order valence-electron chi connectivity index (χ1n) is 7.43. The third-order valence-corrected chi connectivity index (χ3v) is 3.97. The Hall–Kier alpha value is -1.25. The van der Waals surface area contributed by atoms with Crippen molar-refractivity contribution in [2.24, 2.45) is 11.8 Å². The van der Waals surface area contributed by atoms with Gasteiger partial charge in [-0.25, -0.2) is 0 Å². The molecule has 0 aromatic heterocycles. The maximum Gasteiger partial charge on any atom is 0.309 e. The average Bonchev–Trinajstić information content (AvgIpc) is 2.45.